The Morgan fingerprint density at radius 2 is 1.95 bits per heavy atom. The Kier molecular flexibility index (Phi) is 3.38. The summed E-state index contributed by atoms with van der Waals surface area (Å²) in [6.45, 7) is 2.79. The molecule has 0 aliphatic heterocycles. The summed E-state index contributed by atoms with van der Waals surface area (Å²) in [7, 11) is 0. The molecule has 104 valence electrons. The van der Waals surface area contributed by atoms with Gasteiger partial charge in [0.25, 0.3) is 0 Å². The Bertz CT molecular complexity index is 748. The number of nitrogens with zero attached hydrogens (tertiary/aromatic N) is 2. The van der Waals surface area contributed by atoms with E-state index in [1.54, 1.807) is 18.2 Å². The fourth-order valence-corrected chi connectivity index (χ4v) is 2.44. The molecule has 1 aromatic heterocycles. The van der Waals surface area contributed by atoms with Crippen LogP contribution in [0.2, 0.25) is 0 Å². The lowest BCUT2D eigenvalue weighted by Gasteiger charge is -2.05. The molecular formula is C17H15N3O. The van der Waals surface area contributed by atoms with Gasteiger partial charge in [-0.1, -0.05) is 6.92 Å². The monoisotopic (exact) mass is 277 g/mol. The van der Waals surface area contributed by atoms with Gasteiger partial charge in [-0.15, -0.1) is 0 Å². The average molecular weight is 277 g/mol. The second-order valence-electron chi connectivity index (χ2n) is 5.46. The first-order valence-corrected chi connectivity index (χ1v) is 6.98. The van der Waals surface area contributed by atoms with Gasteiger partial charge in [-0.25, -0.2) is 0 Å². The van der Waals surface area contributed by atoms with Gasteiger partial charge in [0.2, 0.25) is 0 Å². The first-order valence-electron chi connectivity index (χ1n) is 6.98. The molecule has 0 radical (unpaired) electrons. The van der Waals surface area contributed by atoms with Crippen molar-refractivity contribution in [3.63, 3.8) is 0 Å². The van der Waals surface area contributed by atoms with Crippen LogP contribution in [-0.2, 0) is 6.54 Å². The van der Waals surface area contributed by atoms with Crippen molar-refractivity contribution in [2.75, 3.05) is 5.32 Å². The van der Waals surface area contributed by atoms with E-state index in [1.165, 1.54) is 6.42 Å². The lowest BCUT2D eigenvalue weighted by molar-refractivity contribution is 0.468. The summed E-state index contributed by atoms with van der Waals surface area (Å²) >= 11 is 0. The summed E-state index contributed by atoms with van der Waals surface area (Å²) < 4.78 is 5.82. The maximum atomic E-state index is 9.01. The van der Waals surface area contributed by atoms with E-state index in [-0.39, 0.29) is 0 Å². The molecule has 1 aliphatic rings. The van der Waals surface area contributed by atoms with Gasteiger partial charge >= 0.3 is 0 Å². The van der Waals surface area contributed by atoms with E-state index < -0.39 is 0 Å². The van der Waals surface area contributed by atoms with Crippen molar-refractivity contribution in [1.82, 2.24) is 0 Å². The zero-order chi connectivity index (χ0) is 14.8. The SMILES string of the molecule is CC1CC1c1ccc(CNc2ccc(C#N)c(C#N)c2)o1. The first kappa shape index (κ1) is 13.3. The van der Waals surface area contributed by atoms with E-state index in [0.29, 0.717) is 23.6 Å². The topological polar surface area (TPSA) is 72.8 Å². The van der Waals surface area contributed by atoms with Crippen LogP contribution in [-0.4, -0.2) is 0 Å². The smallest absolute Gasteiger partial charge is 0.123 e. The molecule has 2 aromatic rings. The molecule has 2 unspecified atom stereocenters. The fraction of sp³-hybridized carbons (Fsp3) is 0.294. The largest absolute Gasteiger partial charge is 0.464 e. The van der Waals surface area contributed by atoms with Crippen LogP contribution in [0.4, 0.5) is 5.69 Å². The molecule has 1 N–H and O–H groups in total. The highest BCUT2D eigenvalue weighted by Gasteiger charge is 2.36. The summed E-state index contributed by atoms with van der Waals surface area (Å²) in [5.41, 5.74) is 1.59. The van der Waals surface area contributed by atoms with Crippen LogP contribution < -0.4 is 5.32 Å². The van der Waals surface area contributed by atoms with E-state index in [1.807, 2.05) is 24.3 Å². The molecule has 1 aromatic carbocycles. The Morgan fingerprint density at radius 3 is 2.62 bits per heavy atom. The standard InChI is InChI=1S/C17H15N3O/c1-11-6-16(11)17-5-4-15(21-17)10-20-14-3-2-12(8-18)13(7-14)9-19/h2-5,7,11,16,20H,6,10H2,1H3. The predicted molar refractivity (Wildman–Crippen MR) is 78.4 cm³/mol. The van der Waals surface area contributed by atoms with Gasteiger partial charge in [0, 0.05) is 11.6 Å². The normalized spacial score (nSPS) is 19.6. The highest BCUT2D eigenvalue weighted by atomic mass is 16.3. The summed E-state index contributed by atoms with van der Waals surface area (Å²) in [5.74, 6) is 3.26. The average Bonchev–Trinajstić information content (AvgIpc) is 3.06. The van der Waals surface area contributed by atoms with E-state index in [0.717, 1.165) is 23.1 Å². The van der Waals surface area contributed by atoms with E-state index in [4.69, 9.17) is 14.9 Å². The van der Waals surface area contributed by atoms with Crippen LogP contribution in [0.3, 0.4) is 0 Å². The van der Waals surface area contributed by atoms with Gasteiger partial charge in [0.1, 0.15) is 23.7 Å². The van der Waals surface area contributed by atoms with Crippen molar-refractivity contribution in [2.24, 2.45) is 5.92 Å². The number of rotatable bonds is 4. The van der Waals surface area contributed by atoms with Crippen molar-refractivity contribution in [3.8, 4) is 12.1 Å². The van der Waals surface area contributed by atoms with Crippen molar-refractivity contribution in [3.05, 3.63) is 53.0 Å². The number of furan rings is 1. The molecule has 4 nitrogen and oxygen atoms in total. The van der Waals surface area contributed by atoms with Crippen LogP contribution in [0.25, 0.3) is 0 Å². The van der Waals surface area contributed by atoms with Crippen molar-refractivity contribution >= 4 is 5.69 Å². The van der Waals surface area contributed by atoms with Gasteiger partial charge in [-0.05, 0) is 42.7 Å². The van der Waals surface area contributed by atoms with Gasteiger partial charge in [-0.3, -0.25) is 0 Å². The molecule has 1 saturated carbocycles. The van der Waals surface area contributed by atoms with Gasteiger partial charge < -0.3 is 9.73 Å². The molecule has 4 heteroatoms. The number of nitrogens with one attached hydrogen (secondary N) is 1. The number of hydrogen-bond acceptors (Lipinski definition) is 4. The van der Waals surface area contributed by atoms with E-state index >= 15 is 0 Å². The molecule has 0 bridgehead atoms. The number of benzene rings is 1. The second kappa shape index (κ2) is 5.34. The minimum atomic E-state index is 0.384. The zero-order valence-electron chi connectivity index (χ0n) is 11.8. The highest BCUT2D eigenvalue weighted by molar-refractivity contribution is 5.56. The Morgan fingerprint density at radius 1 is 1.19 bits per heavy atom. The molecule has 0 amide bonds. The Labute approximate surface area is 123 Å². The maximum Gasteiger partial charge on any atom is 0.123 e. The summed E-state index contributed by atoms with van der Waals surface area (Å²) in [6.07, 6.45) is 1.21. The summed E-state index contributed by atoms with van der Waals surface area (Å²) in [5, 5.41) is 21.1. The number of nitriles is 2. The Balaban J connectivity index is 1.66. The first-order chi connectivity index (χ1) is 10.2. The molecular weight excluding hydrogens is 262 g/mol. The molecule has 0 spiro atoms. The van der Waals surface area contributed by atoms with Crippen molar-refractivity contribution in [2.45, 2.75) is 25.8 Å². The highest BCUT2D eigenvalue weighted by Crippen LogP contribution is 2.47. The molecule has 3 rings (SSSR count). The molecule has 1 fully saturated rings. The number of anilines is 1. The van der Waals surface area contributed by atoms with E-state index in [2.05, 4.69) is 12.2 Å². The zero-order valence-corrected chi connectivity index (χ0v) is 11.8. The second-order valence-corrected chi connectivity index (χ2v) is 5.46. The molecule has 21 heavy (non-hydrogen) atoms. The van der Waals surface area contributed by atoms with Gasteiger partial charge in [0.05, 0.1) is 17.7 Å². The molecule has 1 aliphatic carbocycles. The molecule has 1 heterocycles. The maximum absolute atomic E-state index is 9.01. The van der Waals surface area contributed by atoms with Crippen LogP contribution in [0.15, 0.2) is 34.7 Å². The van der Waals surface area contributed by atoms with Crippen molar-refractivity contribution < 1.29 is 4.42 Å². The minimum Gasteiger partial charge on any atom is -0.464 e. The van der Waals surface area contributed by atoms with Crippen molar-refractivity contribution in [1.29, 1.82) is 10.5 Å². The summed E-state index contributed by atoms with van der Waals surface area (Å²) in [6, 6.07) is 13.2. The minimum absolute atomic E-state index is 0.384. The quantitative estimate of drug-likeness (QED) is 0.923. The van der Waals surface area contributed by atoms with Crippen LogP contribution in [0, 0.1) is 28.6 Å². The third-order valence-electron chi connectivity index (χ3n) is 3.88. The van der Waals surface area contributed by atoms with Crippen LogP contribution >= 0.6 is 0 Å². The lowest BCUT2D eigenvalue weighted by Crippen LogP contribution is -1.99. The fourth-order valence-electron chi connectivity index (χ4n) is 2.44. The van der Waals surface area contributed by atoms with Gasteiger partial charge in [0.15, 0.2) is 0 Å². The molecule has 2 atom stereocenters. The summed E-state index contributed by atoms with van der Waals surface area (Å²) in [4.78, 5) is 0. The third kappa shape index (κ3) is 2.75. The van der Waals surface area contributed by atoms with Crippen LogP contribution in [0.1, 0.15) is 41.9 Å². The Hall–Kier alpha value is -2.72. The lowest BCUT2D eigenvalue weighted by atomic mass is 10.1. The predicted octanol–water partition coefficient (Wildman–Crippen LogP) is 3.76. The van der Waals surface area contributed by atoms with Gasteiger partial charge in [-0.2, -0.15) is 10.5 Å². The van der Waals surface area contributed by atoms with E-state index in [9.17, 15) is 0 Å². The molecule has 0 saturated heterocycles. The van der Waals surface area contributed by atoms with Crippen LogP contribution in [0.5, 0.6) is 0 Å². The number of hydrogen-bond donors (Lipinski definition) is 1. The third-order valence-corrected chi connectivity index (χ3v) is 3.88.